The topological polar surface area (TPSA) is 85.1 Å². The SMILES string of the molecule is CCC(OCC(O)CNC(C)c1ccc(-n2cnnn2)cc1)c1ccccc1.Cl. The monoisotopic (exact) mass is 417 g/mol. The molecule has 29 heavy (non-hydrogen) atoms. The number of ether oxygens (including phenoxy) is 1. The normalized spacial score (nSPS) is 14.0. The van der Waals surface area contributed by atoms with E-state index in [0.717, 1.165) is 23.2 Å². The Morgan fingerprint density at radius 1 is 1.07 bits per heavy atom. The summed E-state index contributed by atoms with van der Waals surface area (Å²) in [4.78, 5) is 0. The van der Waals surface area contributed by atoms with E-state index in [1.165, 1.54) is 0 Å². The Morgan fingerprint density at radius 3 is 2.41 bits per heavy atom. The molecule has 0 fully saturated rings. The largest absolute Gasteiger partial charge is 0.389 e. The third kappa shape index (κ3) is 6.61. The number of nitrogens with zero attached hydrogens (tertiary/aromatic N) is 4. The molecule has 0 saturated heterocycles. The van der Waals surface area contributed by atoms with Gasteiger partial charge in [-0.05, 0) is 47.0 Å². The van der Waals surface area contributed by atoms with Gasteiger partial charge >= 0.3 is 0 Å². The van der Waals surface area contributed by atoms with Gasteiger partial charge in [0.15, 0.2) is 0 Å². The first kappa shape index (κ1) is 23.0. The van der Waals surface area contributed by atoms with Crippen LogP contribution in [0.15, 0.2) is 60.9 Å². The van der Waals surface area contributed by atoms with Crippen molar-refractivity contribution in [1.82, 2.24) is 25.5 Å². The fourth-order valence-corrected chi connectivity index (χ4v) is 3.03. The fourth-order valence-electron chi connectivity index (χ4n) is 3.03. The van der Waals surface area contributed by atoms with Crippen molar-refractivity contribution in [1.29, 1.82) is 0 Å². The number of nitrogens with one attached hydrogen (secondary N) is 1. The lowest BCUT2D eigenvalue weighted by atomic mass is 10.1. The molecule has 1 heterocycles. The Labute approximate surface area is 177 Å². The lowest BCUT2D eigenvalue weighted by Gasteiger charge is -2.21. The Kier molecular flexibility index (Phi) is 9.21. The quantitative estimate of drug-likeness (QED) is 0.526. The number of aromatic nitrogens is 4. The van der Waals surface area contributed by atoms with E-state index in [1.807, 2.05) is 42.5 Å². The van der Waals surface area contributed by atoms with Crippen molar-refractivity contribution >= 4 is 12.4 Å². The van der Waals surface area contributed by atoms with Crippen LogP contribution >= 0.6 is 12.4 Å². The first-order chi connectivity index (χ1) is 13.7. The van der Waals surface area contributed by atoms with E-state index < -0.39 is 6.10 Å². The molecule has 2 aromatic carbocycles. The summed E-state index contributed by atoms with van der Waals surface area (Å²) in [5.74, 6) is 0. The van der Waals surface area contributed by atoms with Crippen LogP contribution in [0.1, 0.15) is 43.5 Å². The van der Waals surface area contributed by atoms with Gasteiger partial charge in [0.1, 0.15) is 6.33 Å². The van der Waals surface area contributed by atoms with Gasteiger partial charge in [-0.2, -0.15) is 0 Å². The molecule has 3 atom stereocenters. The van der Waals surface area contributed by atoms with Gasteiger partial charge in [-0.25, -0.2) is 4.68 Å². The van der Waals surface area contributed by atoms with Gasteiger partial charge in [0.05, 0.1) is 24.5 Å². The molecule has 3 aromatic rings. The molecule has 3 unspecified atom stereocenters. The number of benzene rings is 2. The van der Waals surface area contributed by atoms with Crippen LogP contribution in [0, 0.1) is 0 Å². The fraction of sp³-hybridized carbons (Fsp3) is 0.381. The molecule has 0 saturated carbocycles. The zero-order valence-corrected chi connectivity index (χ0v) is 17.5. The van der Waals surface area contributed by atoms with Crippen LogP contribution in [0.25, 0.3) is 5.69 Å². The van der Waals surface area contributed by atoms with Gasteiger partial charge in [-0.3, -0.25) is 0 Å². The maximum Gasteiger partial charge on any atom is 0.143 e. The Balaban J connectivity index is 0.00000300. The van der Waals surface area contributed by atoms with Gasteiger partial charge < -0.3 is 15.2 Å². The smallest absolute Gasteiger partial charge is 0.143 e. The molecular formula is C21H28ClN5O2. The van der Waals surface area contributed by atoms with Crippen molar-refractivity contribution in [3.8, 4) is 5.69 Å². The van der Waals surface area contributed by atoms with E-state index in [4.69, 9.17) is 4.74 Å². The highest BCUT2D eigenvalue weighted by Crippen LogP contribution is 2.21. The summed E-state index contributed by atoms with van der Waals surface area (Å²) in [5.41, 5.74) is 3.17. The number of tetrazole rings is 1. The van der Waals surface area contributed by atoms with E-state index in [-0.39, 0.29) is 24.6 Å². The minimum atomic E-state index is -0.569. The number of aliphatic hydroxyl groups is 1. The summed E-state index contributed by atoms with van der Waals surface area (Å²) < 4.78 is 7.53. The molecule has 7 nitrogen and oxygen atoms in total. The zero-order chi connectivity index (χ0) is 19.8. The van der Waals surface area contributed by atoms with Crippen molar-refractivity contribution < 1.29 is 9.84 Å². The molecule has 0 aliphatic heterocycles. The first-order valence-electron chi connectivity index (χ1n) is 9.58. The van der Waals surface area contributed by atoms with Crippen molar-refractivity contribution in [2.45, 2.75) is 38.5 Å². The average Bonchev–Trinajstić information content (AvgIpc) is 3.28. The Bertz CT molecular complexity index is 815. The van der Waals surface area contributed by atoms with Gasteiger partial charge in [0.2, 0.25) is 0 Å². The highest BCUT2D eigenvalue weighted by molar-refractivity contribution is 5.85. The number of rotatable bonds is 10. The first-order valence-corrected chi connectivity index (χ1v) is 9.58. The van der Waals surface area contributed by atoms with Gasteiger partial charge in [-0.1, -0.05) is 49.4 Å². The second-order valence-corrected chi connectivity index (χ2v) is 6.77. The summed E-state index contributed by atoms with van der Waals surface area (Å²) in [6, 6.07) is 18.2. The lowest BCUT2D eigenvalue weighted by molar-refractivity contribution is -0.0120. The predicted molar refractivity (Wildman–Crippen MR) is 114 cm³/mol. The maximum absolute atomic E-state index is 10.3. The molecule has 2 N–H and O–H groups in total. The third-order valence-corrected chi connectivity index (χ3v) is 4.70. The van der Waals surface area contributed by atoms with E-state index in [1.54, 1.807) is 11.0 Å². The molecule has 0 radical (unpaired) electrons. The number of halogens is 1. The molecule has 8 heteroatoms. The second kappa shape index (κ2) is 11.6. The summed E-state index contributed by atoms with van der Waals surface area (Å²) in [5, 5.41) is 24.8. The standard InChI is InChI=1S/C21H27N5O2.ClH/c1-3-21(18-7-5-4-6-8-18)28-14-20(27)13-22-16(2)17-9-11-19(12-10-17)26-15-23-24-25-26;/h4-12,15-16,20-22,27H,3,13-14H2,1-2H3;1H. The van der Waals surface area contributed by atoms with Gasteiger partial charge in [0.25, 0.3) is 0 Å². The summed E-state index contributed by atoms with van der Waals surface area (Å²) in [7, 11) is 0. The molecule has 3 rings (SSSR count). The molecule has 0 aliphatic carbocycles. The van der Waals surface area contributed by atoms with E-state index in [0.29, 0.717) is 13.2 Å². The van der Waals surface area contributed by atoms with Crippen LogP contribution in [0.4, 0.5) is 0 Å². The molecule has 0 aliphatic rings. The Morgan fingerprint density at radius 2 is 1.79 bits per heavy atom. The van der Waals surface area contributed by atoms with Crippen LogP contribution < -0.4 is 5.32 Å². The minimum Gasteiger partial charge on any atom is -0.389 e. The maximum atomic E-state index is 10.3. The van der Waals surface area contributed by atoms with E-state index in [9.17, 15) is 5.11 Å². The van der Waals surface area contributed by atoms with Crippen LogP contribution in [-0.4, -0.2) is 44.6 Å². The predicted octanol–water partition coefficient (Wildman–Crippen LogP) is 3.26. The van der Waals surface area contributed by atoms with Crippen molar-refractivity contribution in [3.63, 3.8) is 0 Å². The van der Waals surface area contributed by atoms with Crippen molar-refractivity contribution in [3.05, 3.63) is 72.1 Å². The van der Waals surface area contributed by atoms with Crippen LogP contribution in [0.3, 0.4) is 0 Å². The Hall–Kier alpha value is -2.32. The summed E-state index contributed by atoms with van der Waals surface area (Å²) in [6.45, 7) is 4.91. The average molecular weight is 418 g/mol. The molecule has 1 aromatic heterocycles. The molecule has 0 bridgehead atoms. The van der Waals surface area contributed by atoms with Crippen LogP contribution in [-0.2, 0) is 4.74 Å². The number of hydrogen-bond acceptors (Lipinski definition) is 6. The van der Waals surface area contributed by atoms with Crippen molar-refractivity contribution in [2.24, 2.45) is 0 Å². The van der Waals surface area contributed by atoms with Crippen LogP contribution in [0.5, 0.6) is 0 Å². The molecule has 0 amide bonds. The molecule has 0 spiro atoms. The molecule has 156 valence electrons. The van der Waals surface area contributed by atoms with Crippen LogP contribution in [0.2, 0.25) is 0 Å². The van der Waals surface area contributed by atoms with Gasteiger partial charge in [0, 0.05) is 12.6 Å². The summed E-state index contributed by atoms with van der Waals surface area (Å²) >= 11 is 0. The summed E-state index contributed by atoms with van der Waals surface area (Å²) in [6.07, 6.45) is 1.87. The van der Waals surface area contributed by atoms with E-state index >= 15 is 0 Å². The number of aliphatic hydroxyl groups excluding tert-OH is 1. The molecular weight excluding hydrogens is 390 g/mol. The van der Waals surface area contributed by atoms with E-state index in [2.05, 4.69) is 46.8 Å². The lowest BCUT2D eigenvalue weighted by Crippen LogP contribution is -2.32. The van der Waals surface area contributed by atoms with Crippen molar-refractivity contribution in [2.75, 3.05) is 13.2 Å². The minimum absolute atomic E-state index is 0. The third-order valence-electron chi connectivity index (χ3n) is 4.70. The zero-order valence-electron chi connectivity index (χ0n) is 16.7. The highest BCUT2D eigenvalue weighted by Gasteiger charge is 2.14. The van der Waals surface area contributed by atoms with Gasteiger partial charge in [-0.15, -0.1) is 17.5 Å². The second-order valence-electron chi connectivity index (χ2n) is 6.77. The number of hydrogen-bond donors (Lipinski definition) is 2. The highest BCUT2D eigenvalue weighted by atomic mass is 35.5.